The van der Waals surface area contributed by atoms with Gasteiger partial charge >= 0.3 is 0 Å². The molecule has 0 spiro atoms. The summed E-state index contributed by atoms with van der Waals surface area (Å²) in [6, 6.07) is 10.8. The summed E-state index contributed by atoms with van der Waals surface area (Å²) in [6.07, 6.45) is 0.138. The van der Waals surface area contributed by atoms with E-state index in [2.05, 4.69) is 15.5 Å². The zero-order chi connectivity index (χ0) is 18.7. The normalized spacial score (nSPS) is 12.0. The first-order valence-corrected chi connectivity index (χ1v) is 8.44. The lowest BCUT2D eigenvalue weighted by Gasteiger charge is -2.09. The predicted molar refractivity (Wildman–Crippen MR) is 96.1 cm³/mol. The lowest BCUT2D eigenvalue weighted by molar-refractivity contribution is -0.121. The zero-order valence-electron chi connectivity index (χ0n) is 14.3. The van der Waals surface area contributed by atoms with Crippen molar-refractivity contribution in [2.45, 2.75) is 26.3 Å². The summed E-state index contributed by atoms with van der Waals surface area (Å²) in [4.78, 5) is 16.5. The minimum atomic E-state index is -0.454. The van der Waals surface area contributed by atoms with Crippen molar-refractivity contribution in [3.63, 3.8) is 0 Å². The van der Waals surface area contributed by atoms with Gasteiger partial charge in [-0.1, -0.05) is 41.0 Å². The molecular weight excluding hydrogens is 357 g/mol. The number of hydrogen-bond donors (Lipinski definition) is 1. The van der Waals surface area contributed by atoms with E-state index in [0.29, 0.717) is 16.7 Å². The Hall–Kier alpha value is -2.73. The van der Waals surface area contributed by atoms with Crippen LogP contribution in [0.1, 0.15) is 30.0 Å². The van der Waals surface area contributed by atoms with E-state index >= 15 is 0 Å². The molecule has 1 unspecified atom stereocenters. The minimum absolute atomic E-state index is 0.138. The highest BCUT2D eigenvalue weighted by Crippen LogP contribution is 2.24. The van der Waals surface area contributed by atoms with E-state index in [1.807, 2.05) is 19.1 Å². The second-order valence-corrected chi connectivity index (χ2v) is 6.42. The van der Waals surface area contributed by atoms with Crippen LogP contribution in [0.15, 0.2) is 47.0 Å². The molecule has 0 aliphatic heterocycles. The lowest BCUT2D eigenvalue weighted by atomic mass is 10.1. The molecule has 0 saturated carbocycles. The number of hydrogen-bond acceptors (Lipinski definition) is 4. The maximum absolute atomic E-state index is 12.9. The van der Waals surface area contributed by atoms with Gasteiger partial charge in [0.1, 0.15) is 11.9 Å². The fraction of sp³-hybridized carbons (Fsp3) is 0.211. The van der Waals surface area contributed by atoms with Crippen molar-refractivity contribution in [3.8, 4) is 11.4 Å². The van der Waals surface area contributed by atoms with Gasteiger partial charge in [-0.05, 0) is 43.2 Å². The molecule has 7 heteroatoms. The summed E-state index contributed by atoms with van der Waals surface area (Å²) in [5.74, 6) is 0.144. The molecule has 1 N–H and O–H groups in total. The molecule has 1 amide bonds. The Morgan fingerprint density at radius 3 is 2.69 bits per heavy atom. The van der Waals surface area contributed by atoms with Gasteiger partial charge in [-0.3, -0.25) is 4.79 Å². The number of carbonyl (C=O) groups is 1. The van der Waals surface area contributed by atoms with Crippen LogP contribution in [0.25, 0.3) is 11.4 Å². The molecular formula is C19H17ClFN3O2. The fourth-order valence-electron chi connectivity index (χ4n) is 2.40. The Morgan fingerprint density at radius 2 is 2.00 bits per heavy atom. The quantitative estimate of drug-likeness (QED) is 0.725. The van der Waals surface area contributed by atoms with Gasteiger partial charge in [0, 0.05) is 10.6 Å². The van der Waals surface area contributed by atoms with Crippen LogP contribution in [0.2, 0.25) is 5.02 Å². The van der Waals surface area contributed by atoms with Crippen LogP contribution in [-0.4, -0.2) is 16.0 Å². The van der Waals surface area contributed by atoms with Crippen LogP contribution < -0.4 is 5.32 Å². The van der Waals surface area contributed by atoms with Gasteiger partial charge < -0.3 is 9.84 Å². The van der Waals surface area contributed by atoms with E-state index in [0.717, 1.165) is 16.7 Å². The summed E-state index contributed by atoms with van der Waals surface area (Å²) < 4.78 is 18.2. The van der Waals surface area contributed by atoms with Gasteiger partial charge in [-0.25, -0.2) is 4.39 Å². The SMILES string of the molecule is Cc1ccc(-c2noc(C(C)NC(=O)Cc3ccc(F)cc3)n2)cc1Cl. The van der Waals surface area contributed by atoms with Crippen LogP contribution in [0.4, 0.5) is 4.39 Å². The average Bonchev–Trinajstić information content (AvgIpc) is 3.09. The van der Waals surface area contributed by atoms with E-state index < -0.39 is 6.04 Å². The highest BCUT2D eigenvalue weighted by atomic mass is 35.5. The third kappa shape index (κ3) is 4.26. The number of benzene rings is 2. The third-order valence-electron chi connectivity index (χ3n) is 3.90. The predicted octanol–water partition coefficient (Wildman–Crippen LogP) is 4.26. The van der Waals surface area contributed by atoms with Crippen molar-refractivity contribution in [2.75, 3.05) is 0 Å². The molecule has 1 atom stereocenters. The van der Waals surface area contributed by atoms with Crippen LogP contribution in [0, 0.1) is 12.7 Å². The molecule has 0 radical (unpaired) electrons. The van der Waals surface area contributed by atoms with Crippen molar-refractivity contribution >= 4 is 17.5 Å². The monoisotopic (exact) mass is 373 g/mol. The van der Waals surface area contributed by atoms with Crippen LogP contribution in [0.3, 0.4) is 0 Å². The van der Waals surface area contributed by atoms with Crippen molar-refractivity contribution in [1.29, 1.82) is 0 Å². The summed E-state index contributed by atoms with van der Waals surface area (Å²) >= 11 is 6.12. The van der Waals surface area contributed by atoms with Gasteiger partial charge in [0.15, 0.2) is 0 Å². The molecule has 26 heavy (non-hydrogen) atoms. The fourth-order valence-corrected chi connectivity index (χ4v) is 2.58. The van der Waals surface area contributed by atoms with E-state index in [4.69, 9.17) is 16.1 Å². The molecule has 134 valence electrons. The maximum atomic E-state index is 12.9. The smallest absolute Gasteiger partial charge is 0.249 e. The van der Waals surface area contributed by atoms with Crippen molar-refractivity contribution < 1.29 is 13.7 Å². The molecule has 1 heterocycles. The molecule has 5 nitrogen and oxygen atoms in total. The minimum Gasteiger partial charge on any atom is -0.344 e. The highest BCUT2D eigenvalue weighted by molar-refractivity contribution is 6.31. The number of halogens is 2. The Kier molecular flexibility index (Phi) is 5.32. The van der Waals surface area contributed by atoms with E-state index in [1.165, 1.54) is 12.1 Å². The number of rotatable bonds is 5. The van der Waals surface area contributed by atoms with Crippen molar-refractivity contribution in [3.05, 3.63) is 70.3 Å². The van der Waals surface area contributed by atoms with Crippen LogP contribution >= 0.6 is 11.6 Å². The molecule has 0 aliphatic carbocycles. The summed E-state index contributed by atoms with van der Waals surface area (Å²) in [5.41, 5.74) is 2.41. The lowest BCUT2D eigenvalue weighted by Crippen LogP contribution is -2.28. The average molecular weight is 374 g/mol. The molecule has 0 saturated heterocycles. The topological polar surface area (TPSA) is 68.0 Å². The Balaban J connectivity index is 1.65. The molecule has 3 aromatic rings. The number of nitrogens with zero attached hydrogens (tertiary/aromatic N) is 2. The summed E-state index contributed by atoms with van der Waals surface area (Å²) in [6.45, 7) is 3.66. The van der Waals surface area contributed by atoms with Gasteiger partial charge in [-0.15, -0.1) is 0 Å². The van der Waals surface area contributed by atoms with Crippen molar-refractivity contribution in [2.24, 2.45) is 0 Å². The first-order chi connectivity index (χ1) is 12.4. The molecule has 0 bridgehead atoms. The number of nitrogens with one attached hydrogen (secondary N) is 1. The number of aromatic nitrogens is 2. The number of carbonyl (C=O) groups excluding carboxylic acids is 1. The van der Waals surface area contributed by atoms with Gasteiger partial charge in [-0.2, -0.15) is 4.98 Å². The van der Waals surface area contributed by atoms with E-state index in [-0.39, 0.29) is 18.1 Å². The summed E-state index contributed by atoms with van der Waals surface area (Å²) in [5, 5.41) is 7.35. The number of aryl methyl sites for hydroxylation is 1. The van der Waals surface area contributed by atoms with Gasteiger partial charge in [0.25, 0.3) is 0 Å². The Morgan fingerprint density at radius 1 is 1.27 bits per heavy atom. The van der Waals surface area contributed by atoms with Crippen LogP contribution in [0.5, 0.6) is 0 Å². The second kappa shape index (κ2) is 7.66. The standard InChI is InChI=1S/C19H17ClFN3O2/c1-11-3-6-14(10-16(11)20)18-23-19(26-24-18)12(2)22-17(25)9-13-4-7-15(21)8-5-13/h3-8,10,12H,9H2,1-2H3,(H,22,25). The van der Waals surface area contributed by atoms with Crippen LogP contribution in [-0.2, 0) is 11.2 Å². The Bertz CT molecular complexity index is 925. The van der Waals surface area contributed by atoms with Gasteiger partial charge in [0.2, 0.25) is 17.6 Å². The van der Waals surface area contributed by atoms with E-state index in [1.54, 1.807) is 25.1 Å². The molecule has 1 aromatic heterocycles. The first-order valence-electron chi connectivity index (χ1n) is 8.06. The number of amides is 1. The third-order valence-corrected chi connectivity index (χ3v) is 4.30. The zero-order valence-corrected chi connectivity index (χ0v) is 15.0. The summed E-state index contributed by atoms with van der Waals surface area (Å²) in [7, 11) is 0. The van der Waals surface area contributed by atoms with Crippen molar-refractivity contribution in [1.82, 2.24) is 15.5 Å². The second-order valence-electron chi connectivity index (χ2n) is 6.01. The maximum Gasteiger partial charge on any atom is 0.249 e. The Labute approximate surface area is 155 Å². The molecule has 0 fully saturated rings. The molecule has 0 aliphatic rings. The molecule has 3 rings (SSSR count). The largest absolute Gasteiger partial charge is 0.344 e. The van der Waals surface area contributed by atoms with E-state index in [9.17, 15) is 9.18 Å². The molecule has 2 aromatic carbocycles. The van der Waals surface area contributed by atoms with Gasteiger partial charge in [0.05, 0.1) is 6.42 Å². The first kappa shape index (κ1) is 18.1. The highest BCUT2D eigenvalue weighted by Gasteiger charge is 2.18.